The summed E-state index contributed by atoms with van der Waals surface area (Å²) in [6.07, 6.45) is 10.5. The topological polar surface area (TPSA) is 53.5 Å². The number of nitrogens with zero attached hydrogens (tertiary/aromatic N) is 6. The quantitative estimate of drug-likeness (QED) is 0.264. The molecule has 3 aromatic heterocycles. The van der Waals surface area contributed by atoms with Gasteiger partial charge in [0.2, 0.25) is 0 Å². The smallest absolute Gasteiger partial charge is 0.269 e. The second-order valence-electron chi connectivity index (χ2n) is 15.1. The van der Waals surface area contributed by atoms with E-state index in [1.54, 1.807) is 6.20 Å². The number of aromatic nitrogens is 6. The van der Waals surface area contributed by atoms with Crippen molar-refractivity contribution in [2.75, 3.05) is 0 Å². The van der Waals surface area contributed by atoms with Crippen LogP contribution in [0.4, 0.5) is 13.2 Å². The second-order valence-corrected chi connectivity index (χ2v) is 15.1. The molecule has 0 spiro atoms. The molecule has 6 heterocycles. The molecular formula is C33H51F3N6. The largest absolute Gasteiger partial charge is 0.289 e. The van der Waals surface area contributed by atoms with Crippen LogP contribution in [0.25, 0.3) is 0 Å². The summed E-state index contributed by atoms with van der Waals surface area (Å²) in [5.41, 5.74) is 5.56. The Morgan fingerprint density at radius 1 is 0.667 bits per heavy atom. The Balaban J connectivity index is 0.000000145. The maximum Gasteiger partial charge on any atom is 0.289 e. The van der Waals surface area contributed by atoms with Crippen LogP contribution in [0.3, 0.4) is 0 Å². The van der Waals surface area contributed by atoms with Crippen molar-refractivity contribution >= 4 is 0 Å². The van der Waals surface area contributed by atoms with E-state index in [9.17, 15) is 13.2 Å². The van der Waals surface area contributed by atoms with Crippen LogP contribution in [-0.2, 0) is 48.2 Å². The average Bonchev–Trinajstić information content (AvgIpc) is 3.61. The van der Waals surface area contributed by atoms with Crippen LogP contribution in [0.2, 0.25) is 0 Å². The van der Waals surface area contributed by atoms with Crippen molar-refractivity contribution in [1.29, 1.82) is 0 Å². The van der Waals surface area contributed by atoms with Crippen LogP contribution in [0.15, 0.2) is 18.6 Å². The van der Waals surface area contributed by atoms with Gasteiger partial charge in [-0.05, 0) is 60.3 Å². The molecule has 9 heteroatoms. The summed E-state index contributed by atoms with van der Waals surface area (Å²) < 4.78 is 46.7. The number of hydrogen-bond acceptors (Lipinski definition) is 3. The molecule has 3 aliphatic heterocycles. The zero-order valence-corrected chi connectivity index (χ0v) is 27.2. The first-order valence-corrected chi connectivity index (χ1v) is 15.6. The Hall–Kier alpha value is -2.58. The molecule has 0 saturated carbocycles. The molecule has 6 nitrogen and oxygen atoms in total. The number of hydrogen-bond donors (Lipinski definition) is 0. The lowest BCUT2D eigenvalue weighted by Crippen LogP contribution is -2.29. The molecule has 0 amide bonds. The van der Waals surface area contributed by atoms with Crippen molar-refractivity contribution in [3.63, 3.8) is 0 Å². The van der Waals surface area contributed by atoms with Crippen LogP contribution in [-0.4, -0.2) is 29.3 Å². The highest BCUT2D eigenvalue weighted by Crippen LogP contribution is 2.42. The van der Waals surface area contributed by atoms with Gasteiger partial charge in [0, 0.05) is 42.9 Å². The fourth-order valence-corrected chi connectivity index (χ4v) is 6.14. The third-order valence-electron chi connectivity index (χ3n) is 8.46. The van der Waals surface area contributed by atoms with Gasteiger partial charge in [-0.25, -0.2) is 4.39 Å². The number of halogens is 3. The summed E-state index contributed by atoms with van der Waals surface area (Å²) in [7, 11) is 0. The lowest BCUT2D eigenvalue weighted by Gasteiger charge is -2.28. The number of rotatable bonds is 0. The predicted molar refractivity (Wildman–Crippen MR) is 162 cm³/mol. The van der Waals surface area contributed by atoms with Crippen molar-refractivity contribution < 1.29 is 13.2 Å². The maximum absolute atomic E-state index is 13.8. The minimum absolute atomic E-state index is 0.00470. The van der Waals surface area contributed by atoms with Crippen molar-refractivity contribution in [3.05, 3.63) is 52.4 Å². The van der Waals surface area contributed by atoms with E-state index in [1.165, 1.54) is 35.2 Å². The molecular weight excluding hydrogens is 537 g/mol. The molecule has 3 aromatic rings. The highest BCUT2D eigenvalue weighted by molar-refractivity contribution is 5.30. The van der Waals surface area contributed by atoms with E-state index in [0.717, 1.165) is 30.8 Å². The summed E-state index contributed by atoms with van der Waals surface area (Å²) >= 11 is 0. The van der Waals surface area contributed by atoms with Crippen LogP contribution in [0.5, 0.6) is 0 Å². The summed E-state index contributed by atoms with van der Waals surface area (Å²) in [6, 6.07) is 0. The summed E-state index contributed by atoms with van der Waals surface area (Å²) in [5, 5.41) is 12.7. The molecule has 1 unspecified atom stereocenters. The van der Waals surface area contributed by atoms with Crippen LogP contribution in [0.1, 0.15) is 141 Å². The normalized spacial score (nSPS) is 19.9. The van der Waals surface area contributed by atoms with Crippen molar-refractivity contribution in [2.45, 2.75) is 155 Å². The molecule has 0 aromatic carbocycles. The zero-order valence-electron chi connectivity index (χ0n) is 27.2. The number of alkyl halides is 3. The fraction of sp³-hybridized carbons (Fsp3) is 0.727. The van der Waals surface area contributed by atoms with Crippen molar-refractivity contribution in [1.82, 2.24) is 29.3 Å². The molecule has 0 radical (unpaired) electrons. The van der Waals surface area contributed by atoms with E-state index in [0.29, 0.717) is 24.9 Å². The predicted octanol–water partition coefficient (Wildman–Crippen LogP) is 8.57. The zero-order chi connectivity index (χ0) is 31.1. The van der Waals surface area contributed by atoms with Crippen LogP contribution >= 0.6 is 0 Å². The van der Waals surface area contributed by atoms with Gasteiger partial charge in [0.05, 0.1) is 24.3 Å². The highest BCUT2D eigenvalue weighted by Gasteiger charge is 2.42. The Morgan fingerprint density at radius 2 is 1.19 bits per heavy atom. The summed E-state index contributed by atoms with van der Waals surface area (Å²) in [4.78, 5) is 0. The van der Waals surface area contributed by atoms with Gasteiger partial charge in [0.25, 0.3) is 5.92 Å². The van der Waals surface area contributed by atoms with Crippen LogP contribution < -0.4 is 0 Å². The second kappa shape index (κ2) is 11.8. The Morgan fingerprint density at radius 3 is 1.83 bits per heavy atom. The summed E-state index contributed by atoms with van der Waals surface area (Å²) in [5.74, 6) is -2.71. The van der Waals surface area contributed by atoms with Gasteiger partial charge in [-0.2, -0.15) is 24.1 Å². The molecule has 0 fully saturated rings. The van der Waals surface area contributed by atoms with Gasteiger partial charge in [0.15, 0.2) is 0 Å². The number of fused-ring (bicyclic) bond motifs is 3. The van der Waals surface area contributed by atoms with Crippen molar-refractivity contribution in [2.24, 2.45) is 0 Å². The minimum Gasteiger partial charge on any atom is -0.269 e. The first-order chi connectivity index (χ1) is 19.4. The first-order valence-electron chi connectivity index (χ1n) is 15.6. The van der Waals surface area contributed by atoms with E-state index in [1.807, 2.05) is 31.6 Å². The molecule has 234 valence electrons. The van der Waals surface area contributed by atoms with Gasteiger partial charge >= 0.3 is 0 Å². The molecule has 3 aliphatic rings. The third-order valence-corrected chi connectivity index (χ3v) is 8.46. The Bertz CT molecular complexity index is 1340. The lowest BCUT2D eigenvalue weighted by molar-refractivity contribution is -0.0380. The number of aryl methyl sites for hydroxylation is 3. The summed E-state index contributed by atoms with van der Waals surface area (Å²) in [6.45, 7) is 21.5. The average molecular weight is 589 g/mol. The molecule has 0 bridgehead atoms. The highest BCUT2D eigenvalue weighted by atomic mass is 19.3. The lowest BCUT2D eigenvalue weighted by atomic mass is 9.84. The molecule has 0 N–H and O–H groups in total. The van der Waals surface area contributed by atoms with Gasteiger partial charge in [-0.3, -0.25) is 14.0 Å². The van der Waals surface area contributed by atoms with E-state index in [-0.39, 0.29) is 28.4 Å². The van der Waals surface area contributed by atoms with Crippen molar-refractivity contribution in [3.8, 4) is 0 Å². The molecule has 0 aliphatic carbocycles. The molecule has 0 saturated heterocycles. The van der Waals surface area contributed by atoms with E-state index < -0.39 is 12.1 Å². The standard InChI is InChI=1S/C11H16F2N2.C11H17FN2.C11H18N2/c1-10(2,3)8-7-14-15-6-4-5-11(12,13)9(8)15;1-11(2,3)8-7-13-14-6-4-5-9(12)10(8)14;1-11(2,3)9-8-12-13-7-5-4-6-10(9)13/h7H,4-6H2,1-3H3;7,9H,4-6H2,1-3H3;8H,4-7H2,1-3H3. The van der Waals surface area contributed by atoms with Gasteiger partial charge in [-0.15, -0.1) is 0 Å². The Labute approximate surface area is 250 Å². The molecule has 6 rings (SSSR count). The van der Waals surface area contributed by atoms with E-state index in [4.69, 9.17) is 0 Å². The third kappa shape index (κ3) is 6.96. The van der Waals surface area contributed by atoms with E-state index >= 15 is 0 Å². The maximum atomic E-state index is 13.8. The monoisotopic (exact) mass is 588 g/mol. The SMILES string of the molecule is CC(C)(C)c1cnn2c1C(F)(F)CCC2.CC(C)(C)c1cnn2c1C(F)CCC2.CC(C)(C)c1cnn2c1CCCC2. The van der Waals surface area contributed by atoms with Gasteiger partial charge < -0.3 is 0 Å². The molecule has 42 heavy (non-hydrogen) atoms. The molecule has 1 atom stereocenters. The Kier molecular flexibility index (Phi) is 9.11. The minimum atomic E-state index is -2.71. The van der Waals surface area contributed by atoms with Gasteiger partial charge in [0.1, 0.15) is 11.9 Å². The fourth-order valence-electron chi connectivity index (χ4n) is 6.14. The van der Waals surface area contributed by atoms with Crippen LogP contribution in [0, 0.1) is 0 Å². The van der Waals surface area contributed by atoms with Gasteiger partial charge in [-0.1, -0.05) is 62.3 Å². The van der Waals surface area contributed by atoms with E-state index in [2.05, 4.69) is 67.7 Å². The first kappa shape index (κ1) is 32.3.